The molecule has 5 nitrogen and oxygen atoms in total. The van der Waals surface area contributed by atoms with Crippen LogP contribution >= 0.6 is 11.3 Å². The molecule has 0 saturated heterocycles. The van der Waals surface area contributed by atoms with E-state index in [1.807, 2.05) is 25.1 Å². The molecule has 3 rings (SSSR count). The summed E-state index contributed by atoms with van der Waals surface area (Å²) in [5.74, 6) is 0.610. The van der Waals surface area contributed by atoms with Crippen molar-refractivity contribution in [2.45, 2.75) is 13.8 Å². The van der Waals surface area contributed by atoms with Crippen LogP contribution in [-0.2, 0) is 0 Å². The predicted octanol–water partition coefficient (Wildman–Crippen LogP) is 4.57. The SMILES string of the molecule is COc1ccccc1NC(=O)Nc1nc2c(C)c(C)ccc2s1. The molecule has 2 aromatic carbocycles. The van der Waals surface area contributed by atoms with E-state index in [4.69, 9.17) is 4.74 Å². The lowest BCUT2D eigenvalue weighted by molar-refractivity contribution is 0.262. The summed E-state index contributed by atoms with van der Waals surface area (Å²) < 4.78 is 6.27. The lowest BCUT2D eigenvalue weighted by Crippen LogP contribution is -2.19. The number of amides is 2. The Balaban J connectivity index is 1.79. The van der Waals surface area contributed by atoms with E-state index < -0.39 is 0 Å². The van der Waals surface area contributed by atoms with Crippen LogP contribution in [0.5, 0.6) is 5.75 Å². The first-order valence-electron chi connectivity index (χ1n) is 7.16. The van der Waals surface area contributed by atoms with Gasteiger partial charge >= 0.3 is 6.03 Å². The maximum absolute atomic E-state index is 12.2. The number of para-hydroxylation sites is 2. The number of nitrogens with one attached hydrogen (secondary N) is 2. The number of fused-ring (bicyclic) bond motifs is 1. The number of hydrogen-bond donors (Lipinski definition) is 2. The zero-order valence-corrected chi connectivity index (χ0v) is 14.0. The second kappa shape index (κ2) is 6.26. The summed E-state index contributed by atoms with van der Waals surface area (Å²) in [6.07, 6.45) is 0. The number of methoxy groups -OCH3 is 1. The molecule has 0 bridgehead atoms. The predicted molar refractivity (Wildman–Crippen MR) is 94.7 cm³/mol. The van der Waals surface area contributed by atoms with Gasteiger partial charge in [0.1, 0.15) is 5.75 Å². The number of anilines is 2. The molecule has 23 heavy (non-hydrogen) atoms. The molecule has 118 valence electrons. The smallest absolute Gasteiger partial charge is 0.325 e. The molecule has 0 aliphatic carbocycles. The lowest BCUT2D eigenvalue weighted by atomic mass is 10.1. The van der Waals surface area contributed by atoms with E-state index in [1.54, 1.807) is 19.2 Å². The van der Waals surface area contributed by atoms with Gasteiger partial charge in [-0.1, -0.05) is 29.5 Å². The van der Waals surface area contributed by atoms with Crippen molar-refractivity contribution in [1.82, 2.24) is 4.98 Å². The number of urea groups is 1. The highest BCUT2D eigenvalue weighted by molar-refractivity contribution is 7.22. The summed E-state index contributed by atoms with van der Waals surface area (Å²) in [6, 6.07) is 11.0. The maximum Gasteiger partial charge on any atom is 0.325 e. The van der Waals surface area contributed by atoms with Gasteiger partial charge in [-0.3, -0.25) is 5.32 Å². The fourth-order valence-corrected chi connectivity index (χ4v) is 3.20. The van der Waals surface area contributed by atoms with Gasteiger partial charge in [0, 0.05) is 0 Å². The third-order valence-electron chi connectivity index (χ3n) is 3.66. The van der Waals surface area contributed by atoms with Crippen molar-refractivity contribution in [2.24, 2.45) is 0 Å². The monoisotopic (exact) mass is 327 g/mol. The van der Waals surface area contributed by atoms with E-state index in [1.165, 1.54) is 16.9 Å². The number of carbonyl (C=O) groups is 1. The fraction of sp³-hybridized carbons (Fsp3) is 0.176. The number of aryl methyl sites for hydroxylation is 2. The Bertz CT molecular complexity index is 873. The van der Waals surface area contributed by atoms with Crippen LogP contribution in [0.25, 0.3) is 10.2 Å². The average molecular weight is 327 g/mol. The van der Waals surface area contributed by atoms with Crippen molar-refractivity contribution >= 4 is 38.4 Å². The highest BCUT2D eigenvalue weighted by atomic mass is 32.1. The molecule has 2 amide bonds. The number of ether oxygens (including phenoxy) is 1. The van der Waals surface area contributed by atoms with Gasteiger partial charge in [0.25, 0.3) is 0 Å². The van der Waals surface area contributed by atoms with Crippen LogP contribution in [0, 0.1) is 13.8 Å². The summed E-state index contributed by atoms with van der Waals surface area (Å²) in [7, 11) is 1.57. The van der Waals surface area contributed by atoms with Crippen molar-refractivity contribution in [1.29, 1.82) is 0 Å². The third kappa shape index (κ3) is 3.12. The number of nitrogens with zero attached hydrogens (tertiary/aromatic N) is 1. The van der Waals surface area contributed by atoms with Crippen molar-refractivity contribution < 1.29 is 9.53 Å². The molecular weight excluding hydrogens is 310 g/mol. The van der Waals surface area contributed by atoms with Crippen molar-refractivity contribution in [2.75, 3.05) is 17.7 Å². The van der Waals surface area contributed by atoms with Crippen LogP contribution in [0.15, 0.2) is 36.4 Å². The number of hydrogen-bond acceptors (Lipinski definition) is 4. The molecule has 2 N–H and O–H groups in total. The van der Waals surface area contributed by atoms with Crippen LogP contribution in [-0.4, -0.2) is 18.1 Å². The van der Waals surface area contributed by atoms with Crippen molar-refractivity contribution in [3.8, 4) is 5.75 Å². The molecule has 6 heteroatoms. The van der Waals surface area contributed by atoms with Gasteiger partial charge in [-0.15, -0.1) is 0 Å². The summed E-state index contributed by atoms with van der Waals surface area (Å²) in [5, 5.41) is 6.12. The van der Waals surface area contributed by atoms with Crippen molar-refractivity contribution in [3.63, 3.8) is 0 Å². The van der Waals surface area contributed by atoms with E-state index in [-0.39, 0.29) is 6.03 Å². The van der Waals surface area contributed by atoms with Gasteiger partial charge < -0.3 is 10.1 Å². The van der Waals surface area contributed by atoms with Gasteiger partial charge in [0.05, 0.1) is 23.0 Å². The summed E-state index contributed by atoms with van der Waals surface area (Å²) in [6.45, 7) is 4.09. The lowest BCUT2D eigenvalue weighted by Gasteiger charge is -2.09. The Hall–Kier alpha value is -2.60. The Morgan fingerprint density at radius 3 is 2.70 bits per heavy atom. The second-order valence-corrected chi connectivity index (χ2v) is 6.18. The Morgan fingerprint density at radius 2 is 1.91 bits per heavy atom. The van der Waals surface area contributed by atoms with E-state index in [2.05, 4.69) is 28.6 Å². The molecule has 0 spiro atoms. The first-order valence-corrected chi connectivity index (χ1v) is 7.98. The Labute approximate surface area is 138 Å². The van der Waals surface area contributed by atoms with E-state index in [0.29, 0.717) is 16.6 Å². The Kier molecular flexibility index (Phi) is 4.16. The molecule has 3 aromatic rings. The van der Waals surface area contributed by atoms with Crippen LogP contribution in [0.3, 0.4) is 0 Å². The second-order valence-electron chi connectivity index (χ2n) is 5.15. The van der Waals surface area contributed by atoms with Crippen molar-refractivity contribution in [3.05, 3.63) is 47.5 Å². The zero-order chi connectivity index (χ0) is 16.4. The van der Waals surface area contributed by atoms with Crippen LogP contribution in [0.2, 0.25) is 0 Å². The normalized spacial score (nSPS) is 10.6. The fourth-order valence-electron chi connectivity index (χ4n) is 2.28. The minimum Gasteiger partial charge on any atom is -0.495 e. The van der Waals surface area contributed by atoms with E-state index in [0.717, 1.165) is 15.8 Å². The van der Waals surface area contributed by atoms with Crippen LogP contribution in [0.4, 0.5) is 15.6 Å². The molecule has 0 fully saturated rings. The molecule has 1 heterocycles. The van der Waals surface area contributed by atoms with Crippen LogP contribution in [0.1, 0.15) is 11.1 Å². The number of carbonyl (C=O) groups excluding carboxylic acids is 1. The van der Waals surface area contributed by atoms with Gasteiger partial charge in [-0.05, 0) is 43.2 Å². The van der Waals surface area contributed by atoms with Gasteiger partial charge in [-0.2, -0.15) is 0 Å². The summed E-state index contributed by atoms with van der Waals surface area (Å²) in [5.41, 5.74) is 3.87. The molecule has 0 aliphatic heterocycles. The molecular formula is C17H17N3O2S. The standard InChI is InChI=1S/C17H17N3O2S/c1-10-8-9-14-15(11(10)2)19-17(23-14)20-16(21)18-12-6-4-5-7-13(12)22-3/h4-9H,1-3H3,(H2,18,19,20,21). The quantitative estimate of drug-likeness (QED) is 0.741. The Morgan fingerprint density at radius 1 is 1.13 bits per heavy atom. The number of thiazole rings is 1. The highest BCUT2D eigenvalue weighted by Gasteiger charge is 2.11. The molecule has 0 unspecified atom stereocenters. The molecule has 0 radical (unpaired) electrons. The first-order chi connectivity index (χ1) is 11.1. The van der Waals surface area contributed by atoms with Gasteiger partial charge in [0.15, 0.2) is 5.13 Å². The third-order valence-corrected chi connectivity index (χ3v) is 4.60. The summed E-state index contributed by atoms with van der Waals surface area (Å²) in [4.78, 5) is 16.7. The first kappa shape index (κ1) is 15.3. The summed E-state index contributed by atoms with van der Waals surface area (Å²) >= 11 is 1.45. The molecule has 1 aromatic heterocycles. The van der Waals surface area contributed by atoms with Crippen LogP contribution < -0.4 is 15.4 Å². The maximum atomic E-state index is 12.2. The van der Waals surface area contributed by atoms with E-state index >= 15 is 0 Å². The largest absolute Gasteiger partial charge is 0.495 e. The highest BCUT2D eigenvalue weighted by Crippen LogP contribution is 2.30. The van der Waals surface area contributed by atoms with E-state index in [9.17, 15) is 4.79 Å². The van der Waals surface area contributed by atoms with Gasteiger partial charge in [-0.25, -0.2) is 9.78 Å². The number of rotatable bonds is 3. The molecule has 0 saturated carbocycles. The number of aromatic nitrogens is 1. The molecule has 0 atom stereocenters. The number of benzene rings is 2. The van der Waals surface area contributed by atoms with Gasteiger partial charge in [0.2, 0.25) is 0 Å². The minimum atomic E-state index is -0.345. The topological polar surface area (TPSA) is 63.2 Å². The average Bonchev–Trinajstić information content (AvgIpc) is 2.95. The zero-order valence-electron chi connectivity index (χ0n) is 13.1. The molecule has 0 aliphatic rings. The minimum absolute atomic E-state index is 0.345.